The van der Waals surface area contributed by atoms with E-state index in [-0.39, 0.29) is 0 Å². The van der Waals surface area contributed by atoms with Crippen LogP contribution in [-0.4, -0.2) is 29.5 Å². The van der Waals surface area contributed by atoms with Gasteiger partial charge in [0.25, 0.3) is 0 Å². The highest BCUT2D eigenvalue weighted by Gasteiger charge is 2.18. The summed E-state index contributed by atoms with van der Waals surface area (Å²) in [7, 11) is 0. The topological polar surface area (TPSA) is 42.1 Å². The van der Waals surface area contributed by atoms with Crippen LogP contribution in [0.5, 0.6) is 0 Å². The summed E-state index contributed by atoms with van der Waals surface area (Å²) in [5.74, 6) is 0.709. The molecule has 0 radical (unpaired) electrons. The second kappa shape index (κ2) is 5.62. The molecule has 1 aliphatic heterocycles. The molecule has 0 saturated carbocycles. The van der Waals surface area contributed by atoms with Gasteiger partial charge in [-0.25, -0.2) is 4.98 Å². The van der Waals surface area contributed by atoms with Gasteiger partial charge in [0.1, 0.15) is 5.15 Å². The van der Waals surface area contributed by atoms with Crippen LogP contribution >= 0.6 is 11.6 Å². The number of hydrogen-bond acceptors (Lipinski definition) is 3. The first kappa shape index (κ1) is 11.8. The van der Waals surface area contributed by atoms with Gasteiger partial charge in [-0.2, -0.15) is 0 Å². The standard InChI is InChI=1S/C12H18ClN3/c13-12-11(2-1-5-15-12)9-16-6-3-10(8-14)4-7-16/h1-2,5,10H,3-4,6-9,14H2. The highest BCUT2D eigenvalue weighted by molar-refractivity contribution is 6.30. The van der Waals surface area contributed by atoms with Crippen LogP contribution in [0.25, 0.3) is 0 Å². The van der Waals surface area contributed by atoms with E-state index in [2.05, 4.69) is 9.88 Å². The zero-order valence-electron chi connectivity index (χ0n) is 9.40. The quantitative estimate of drug-likeness (QED) is 0.820. The Kier molecular flexibility index (Phi) is 4.16. The van der Waals surface area contributed by atoms with E-state index in [4.69, 9.17) is 17.3 Å². The van der Waals surface area contributed by atoms with Crippen LogP contribution in [0.15, 0.2) is 18.3 Å². The predicted molar refractivity (Wildman–Crippen MR) is 66.3 cm³/mol. The number of halogens is 1. The average Bonchev–Trinajstić information content (AvgIpc) is 2.33. The fourth-order valence-corrected chi connectivity index (χ4v) is 2.34. The van der Waals surface area contributed by atoms with Gasteiger partial charge in [-0.05, 0) is 44.5 Å². The van der Waals surface area contributed by atoms with Gasteiger partial charge in [0.15, 0.2) is 0 Å². The first-order valence-electron chi connectivity index (χ1n) is 5.81. The largest absolute Gasteiger partial charge is 0.330 e. The zero-order chi connectivity index (χ0) is 11.4. The number of pyridine rings is 1. The summed E-state index contributed by atoms with van der Waals surface area (Å²) in [5, 5.41) is 0.628. The molecule has 1 aliphatic rings. The minimum absolute atomic E-state index is 0.628. The minimum Gasteiger partial charge on any atom is -0.330 e. The van der Waals surface area contributed by atoms with E-state index in [1.807, 2.05) is 12.1 Å². The molecule has 88 valence electrons. The minimum atomic E-state index is 0.628. The third-order valence-corrected chi connectivity index (χ3v) is 3.61. The lowest BCUT2D eigenvalue weighted by molar-refractivity contribution is 0.180. The van der Waals surface area contributed by atoms with Crippen LogP contribution in [0.3, 0.4) is 0 Å². The SMILES string of the molecule is NCC1CCN(Cc2cccnc2Cl)CC1. The highest BCUT2D eigenvalue weighted by atomic mass is 35.5. The third-order valence-electron chi connectivity index (χ3n) is 3.27. The first-order chi connectivity index (χ1) is 7.79. The van der Waals surface area contributed by atoms with Crippen molar-refractivity contribution in [2.45, 2.75) is 19.4 Å². The molecule has 1 aromatic rings. The van der Waals surface area contributed by atoms with Crippen molar-refractivity contribution in [3.63, 3.8) is 0 Å². The number of piperidine rings is 1. The lowest BCUT2D eigenvalue weighted by Crippen LogP contribution is -2.35. The van der Waals surface area contributed by atoms with E-state index >= 15 is 0 Å². The third kappa shape index (κ3) is 2.94. The Morgan fingerprint density at radius 1 is 1.44 bits per heavy atom. The van der Waals surface area contributed by atoms with Crippen molar-refractivity contribution in [3.8, 4) is 0 Å². The Balaban J connectivity index is 1.89. The van der Waals surface area contributed by atoms with E-state index in [1.54, 1.807) is 6.20 Å². The molecular weight excluding hydrogens is 222 g/mol. The van der Waals surface area contributed by atoms with E-state index in [0.717, 1.165) is 31.7 Å². The van der Waals surface area contributed by atoms with Crippen molar-refractivity contribution in [2.24, 2.45) is 11.7 Å². The summed E-state index contributed by atoms with van der Waals surface area (Å²) in [4.78, 5) is 6.52. The molecule has 2 heterocycles. The smallest absolute Gasteiger partial charge is 0.133 e. The summed E-state index contributed by atoms with van der Waals surface area (Å²) in [6.45, 7) is 3.96. The Morgan fingerprint density at radius 2 is 2.19 bits per heavy atom. The molecule has 3 nitrogen and oxygen atoms in total. The van der Waals surface area contributed by atoms with Crippen molar-refractivity contribution < 1.29 is 0 Å². The Bertz CT molecular complexity index is 335. The fourth-order valence-electron chi connectivity index (χ4n) is 2.16. The molecule has 0 aromatic carbocycles. The van der Waals surface area contributed by atoms with Gasteiger partial charge in [-0.15, -0.1) is 0 Å². The van der Waals surface area contributed by atoms with Gasteiger partial charge < -0.3 is 5.73 Å². The van der Waals surface area contributed by atoms with Crippen molar-refractivity contribution in [3.05, 3.63) is 29.0 Å². The van der Waals surface area contributed by atoms with E-state index < -0.39 is 0 Å². The lowest BCUT2D eigenvalue weighted by atomic mass is 9.97. The summed E-state index contributed by atoms with van der Waals surface area (Å²) in [6.07, 6.45) is 4.13. The second-order valence-electron chi connectivity index (χ2n) is 4.41. The number of nitrogens with two attached hydrogens (primary N) is 1. The molecule has 1 fully saturated rings. The van der Waals surface area contributed by atoms with Crippen molar-refractivity contribution >= 4 is 11.6 Å². The number of aromatic nitrogens is 1. The normalized spacial score (nSPS) is 18.9. The molecule has 1 aromatic heterocycles. The maximum absolute atomic E-state index is 6.04. The summed E-state index contributed by atoms with van der Waals surface area (Å²) < 4.78 is 0. The predicted octanol–water partition coefficient (Wildman–Crippen LogP) is 1.91. The van der Waals surface area contributed by atoms with Crippen molar-refractivity contribution in [2.75, 3.05) is 19.6 Å². The van der Waals surface area contributed by atoms with E-state index in [9.17, 15) is 0 Å². The Morgan fingerprint density at radius 3 is 2.81 bits per heavy atom. The molecule has 0 bridgehead atoms. The van der Waals surface area contributed by atoms with Crippen LogP contribution in [0.2, 0.25) is 5.15 Å². The maximum Gasteiger partial charge on any atom is 0.133 e. The Hall–Kier alpha value is -0.640. The Labute approximate surface area is 102 Å². The van der Waals surface area contributed by atoms with E-state index in [1.165, 1.54) is 12.8 Å². The second-order valence-corrected chi connectivity index (χ2v) is 4.77. The van der Waals surface area contributed by atoms with Crippen LogP contribution in [0, 0.1) is 5.92 Å². The number of likely N-dealkylation sites (tertiary alicyclic amines) is 1. The van der Waals surface area contributed by atoms with E-state index in [0.29, 0.717) is 11.1 Å². The van der Waals surface area contributed by atoms with Crippen molar-refractivity contribution in [1.29, 1.82) is 0 Å². The average molecular weight is 240 g/mol. The molecule has 4 heteroatoms. The molecule has 2 N–H and O–H groups in total. The molecule has 0 spiro atoms. The molecule has 0 aliphatic carbocycles. The molecule has 0 unspecified atom stereocenters. The number of nitrogens with zero attached hydrogens (tertiary/aromatic N) is 2. The van der Waals surface area contributed by atoms with Crippen LogP contribution in [0.4, 0.5) is 0 Å². The molecule has 2 rings (SSSR count). The van der Waals surface area contributed by atoms with Gasteiger partial charge in [-0.3, -0.25) is 4.90 Å². The van der Waals surface area contributed by atoms with Crippen molar-refractivity contribution in [1.82, 2.24) is 9.88 Å². The van der Waals surface area contributed by atoms with Crippen LogP contribution in [-0.2, 0) is 6.54 Å². The fraction of sp³-hybridized carbons (Fsp3) is 0.583. The number of rotatable bonds is 3. The van der Waals surface area contributed by atoms with Gasteiger partial charge in [-0.1, -0.05) is 17.7 Å². The van der Waals surface area contributed by atoms with Gasteiger partial charge >= 0.3 is 0 Å². The lowest BCUT2D eigenvalue weighted by Gasteiger charge is -2.31. The van der Waals surface area contributed by atoms with Gasteiger partial charge in [0.05, 0.1) is 0 Å². The summed E-state index contributed by atoms with van der Waals surface area (Å²) in [5.41, 5.74) is 6.80. The summed E-state index contributed by atoms with van der Waals surface area (Å²) in [6, 6.07) is 3.98. The molecule has 0 atom stereocenters. The molecular formula is C12H18ClN3. The van der Waals surface area contributed by atoms with Crippen LogP contribution < -0.4 is 5.73 Å². The molecule has 0 amide bonds. The van der Waals surface area contributed by atoms with Crippen LogP contribution in [0.1, 0.15) is 18.4 Å². The number of hydrogen-bond donors (Lipinski definition) is 1. The van der Waals surface area contributed by atoms with Gasteiger partial charge in [0.2, 0.25) is 0 Å². The first-order valence-corrected chi connectivity index (χ1v) is 6.19. The molecule has 16 heavy (non-hydrogen) atoms. The maximum atomic E-state index is 6.04. The zero-order valence-corrected chi connectivity index (χ0v) is 10.2. The monoisotopic (exact) mass is 239 g/mol. The summed E-state index contributed by atoms with van der Waals surface area (Å²) >= 11 is 6.04. The molecule has 1 saturated heterocycles. The van der Waals surface area contributed by atoms with Gasteiger partial charge in [0, 0.05) is 18.3 Å². The highest BCUT2D eigenvalue weighted by Crippen LogP contribution is 2.20.